The Labute approximate surface area is 323 Å². The van der Waals surface area contributed by atoms with Crippen molar-refractivity contribution in [3.8, 4) is 23.0 Å². The molecule has 0 N–H and O–H groups in total. The van der Waals surface area contributed by atoms with E-state index < -0.39 is 42.8 Å². The van der Waals surface area contributed by atoms with E-state index in [0.29, 0.717) is 22.3 Å². The van der Waals surface area contributed by atoms with Gasteiger partial charge in [-0.25, -0.2) is 4.79 Å². The lowest BCUT2D eigenvalue weighted by atomic mass is 9.78. The molecule has 5 aromatic rings. The molecule has 0 aliphatic carbocycles. The van der Waals surface area contributed by atoms with Gasteiger partial charge in [-0.05, 0) is 99.8 Å². The van der Waals surface area contributed by atoms with Gasteiger partial charge >= 0.3 is 26.5 Å². The van der Waals surface area contributed by atoms with Gasteiger partial charge in [0.05, 0.1) is 10.8 Å². The Hall–Kier alpha value is -5.33. The molecule has 1 atom stereocenters. The highest BCUT2D eigenvalue weighted by molar-refractivity contribution is 7.87. The van der Waals surface area contributed by atoms with Crippen molar-refractivity contribution in [1.82, 2.24) is 0 Å². The third kappa shape index (κ3) is 8.20. The Kier molecular flexibility index (Phi) is 10.5. The van der Waals surface area contributed by atoms with Crippen LogP contribution in [-0.2, 0) is 36.3 Å². The standard InChI is InChI=1S/C43H44O10S2/c1-8-41(4,5)49-34-21-13-30(14-22-34)42(6,7)31-15-23-36(24-16-31)52-55(47,48)53-37-27-19-33(20-28-37)43(39-12-10-9-11-38(39)40(44)50-43)32-17-25-35(26-18-32)51-54(45,46)29(2)3/h9-29H,8H2,1-7H3. The zero-order chi connectivity index (χ0) is 39.8. The number of benzene rings is 5. The molecule has 0 saturated heterocycles. The number of rotatable bonds is 14. The number of hydrogen-bond acceptors (Lipinski definition) is 10. The Morgan fingerprint density at radius 2 is 1.05 bits per heavy atom. The summed E-state index contributed by atoms with van der Waals surface area (Å²) < 4.78 is 78.9. The Bertz CT molecular complexity index is 2380. The van der Waals surface area contributed by atoms with Crippen LogP contribution in [0.2, 0.25) is 0 Å². The molecular weight excluding hydrogens is 741 g/mol. The van der Waals surface area contributed by atoms with Gasteiger partial charge < -0.3 is 22.0 Å². The van der Waals surface area contributed by atoms with Crippen LogP contribution in [-0.4, -0.2) is 33.7 Å². The topological polar surface area (TPSA) is 132 Å². The summed E-state index contributed by atoms with van der Waals surface area (Å²) in [6, 6.07) is 33.9. The summed E-state index contributed by atoms with van der Waals surface area (Å²) in [4.78, 5) is 13.1. The summed E-state index contributed by atoms with van der Waals surface area (Å²) >= 11 is 0. The number of ether oxygens (including phenoxy) is 2. The molecule has 0 radical (unpaired) electrons. The Balaban J connectivity index is 1.19. The molecule has 0 saturated carbocycles. The summed E-state index contributed by atoms with van der Waals surface area (Å²) in [5.41, 5.74) is 1.82. The molecule has 5 aromatic carbocycles. The number of carbonyl (C=O) groups is 1. The quantitative estimate of drug-likeness (QED) is 0.0795. The lowest BCUT2D eigenvalue weighted by Crippen LogP contribution is -2.29. The normalized spacial score (nSPS) is 16.0. The first-order valence-corrected chi connectivity index (χ1v) is 20.7. The highest BCUT2D eigenvalue weighted by Crippen LogP contribution is 2.47. The van der Waals surface area contributed by atoms with Crippen LogP contribution in [0, 0.1) is 0 Å². The van der Waals surface area contributed by atoms with Gasteiger partial charge in [-0.1, -0.05) is 87.5 Å². The Morgan fingerprint density at radius 1 is 0.618 bits per heavy atom. The first-order valence-electron chi connectivity index (χ1n) is 17.9. The van der Waals surface area contributed by atoms with E-state index in [9.17, 15) is 21.6 Å². The van der Waals surface area contributed by atoms with Crippen molar-refractivity contribution in [3.05, 3.63) is 155 Å². The van der Waals surface area contributed by atoms with Gasteiger partial charge in [0.25, 0.3) is 0 Å². The lowest BCUT2D eigenvalue weighted by Gasteiger charge is -2.30. The van der Waals surface area contributed by atoms with E-state index in [-0.39, 0.29) is 22.8 Å². The molecule has 0 spiro atoms. The molecule has 0 fully saturated rings. The first kappa shape index (κ1) is 39.4. The molecule has 10 nitrogen and oxygen atoms in total. The van der Waals surface area contributed by atoms with Gasteiger partial charge in [0.15, 0.2) is 5.60 Å². The predicted molar refractivity (Wildman–Crippen MR) is 209 cm³/mol. The van der Waals surface area contributed by atoms with Gasteiger partial charge in [-0.3, -0.25) is 0 Å². The maximum atomic E-state index is 13.1. The SMILES string of the molecule is CCC(C)(C)Oc1ccc(C(C)(C)c2ccc(OS(=O)(=O)Oc3ccc(C4(c5ccc(OS(=O)(=O)C(C)C)cc5)OC(=O)c5ccccc54)cc3)cc2)cc1. The van der Waals surface area contributed by atoms with Crippen molar-refractivity contribution >= 4 is 26.5 Å². The van der Waals surface area contributed by atoms with Crippen LogP contribution in [0.15, 0.2) is 121 Å². The summed E-state index contributed by atoms with van der Waals surface area (Å²) in [7, 11) is -8.39. The molecule has 1 unspecified atom stereocenters. The fourth-order valence-electron chi connectivity index (χ4n) is 6.21. The molecule has 0 bridgehead atoms. The number of carbonyl (C=O) groups excluding carboxylic acids is 1. The van der Waals surface area contributed by atoms with Crippen LogP contribution in [0.4, 0.5) is 0 Å². The second-order valence-corrected chi connectivity index (χ2v) is 18.0. The highest BCUT2D eigenvalue weighted by Gasteiger charge is 2.48. The molecule has 12 heteroatoms. The molecule has 288 valence electrons. The molecule has 1 aliphatic heterocycles. The average Bonchev–Trinajstić information content (AvgIpc) is 3.44. The zero-order valence-electron chi connectivity index (χ0n) is 31.7. The number of hydrogen-bond donors (Lipinski definition) is 0. The van der Waals surface area contributed by atoms with Crippen LogP contribution >= 0.6 is 0 Å². The lowest BCUT2D eigenvalue weighted by molar-refractivity contribution is 0.0251. The van der Waals surface area contributed by atoms with Crippen LogP contribution in [0.3, 0.4) is 0 Å². The van der Waals surface area contributed by atoms with Crippen molar-refractivity contribution in [2.45, 2.75) is 76.8 Å². The van der Waals surface area contributed by atoms with Crippen molar-refractivity contribution in [3.63, 3.8) is 0 Å². The van der Waals surface area contributed by atoms with Crippen LogP contribution in [0.25, 0.3) is 0 Å². The smallest absolute Gasteiger partial charge is 0.488 e. The molecule has 1 heterocycles. The van der Waals surface area contributed by atoms with Gasteiger partial charge in [0.1, 0.15) is 28.6 Å². The van der Waals surface area contributed by atoms with Gasteiger partial charge in [0.2, 0.25) is 0 Å². The maximum absolute atomic E-state index is 13.1. The summed E-state index contributed by atoms with van der Waals surface area (Å²) in [6.07, 6.45) is 0.876. The number of fused-ring (bicyclic) bond motifs is 1. The molecule has 0 amide bonds. The average molecular weight is 785 g/mol. The van der Waals surface area contributed by atoms with Crippen LogP contribution in [0.5, 0.6) is 23.0 Å². The molecule has 6 rings (SSSR count). The van der Waals surface area contributed by atoms with E-state index in [0.717, 1.165) is 23.3 Å². The van der Waals surface area contributed by atoms with Gasteiger partial charge in [0, 0.05) is 22.1 Å². The largest absolute Gasteiger partial charge is 0.500 e. The van der Waals surface area contributed by atoms with Crippen molar-refractivity contribution in [2.75, 3.05) is 0 Å². The second kappa shape index (κ2) is 14.7. The van der Waals surface area contributed by atoms with Crippen LogP contribution < -0.4 is 17.3 Å². The van der Waals surface area contributed by atoms with Crippen LogP contribution in [0.1, 0.15) is 93.1 Å². The van der Waals surface area contributed by atoms with E-state index in [1.807, 2.05) is 50.2 Å². The van der Waals surface area contributed by atoms with Gasteiger partial charge in [-0.15, -0.1) is 8.42 Å². The zero-order valence-corrected chi connectivity index (χ0v) is 33.4. The maximum Gasteiger partial charge on any atom is 0.500 e. The fraction of sp³-hybridized carbons (Fsp3) is 0.279. The molecule has 0 aromatic heterocycles. The molecule has 55 heavy (non-hydrogen) atoms. The van der Waals surface area contributed by atoms with E-state index in [1.165, 1.54) is 38.1 Å². The van der Waals surface area contributed by atoms with Crippen molar-refractivity contribution in [1.29, 1.82) is 0 Å². The fourth-order valence-corrected chi connectivity index (χ4v) is 7.51. The Morgan fingerprint density at radius 3 is 1.53 bits per heavy atom. The summed E-state index contributed by atoms with van der Waals surface area (Å²) in [6.45, 7) is 13.4. The second-order valence-electron chi connectivity index (χ2n) is 14.8. The minimum absolute atomic E-state index is 0.0355. The molecule has 1 aliphatic rings. The summed E-state index contributed by atoms with van der Waals surface area (Å²) in [5, 5.41) is -0.747. The monoisotopic (exact) mass is 784 g/mol. The van der Waals surface area contributed by atoms with E-state index in [2.05, 4.69) is 20.8 Å². The predicted octanol–water partition coefficient (Wildman–Crippen LogP) is 8.86. The first-order chi connectivity index (χ1) is 25.8. The van der Waals surface area contributed by atoms with Crippen molar-refractivity contribution < 1.29 is 43.7 Å². The third-order valence-corrected chi connectivity index (χ3v) is 12.3. The minimum Gasteiger partial charge on any atom is -0.488 e. The molecular formula is C43H44O10S2. The highest BCUT2D eigenvalue weighted by atomic mass is 32.3. The van der Waals surface area contributed by atoms with E-state index in [4.69, 9.17) is 22.0 Å². The third-order valence-electron chi connectivity index (χ3n) is 9.88. The number of cyclic esters (lactones) is 1. The van der Waals surface area contributed by atoms with Crippen molar-refractivity contribution in [2.24, 2.45) is 0 Å². The summed E-state index contributed by atoms with van der Waals surface area (Å²) in [5.74, 6) is 0.379. The minimum atomic E-state index is -4.56. The van der Waals surface area contributed by atoms with Gasteiger partial charge in [-0.2, -0.15) is 8.42 Å². The van der Waals surface area contributed by atoms with E-state index in [1.54, 1.807) is 60.7 Å². The van der Waals surface area contributed by atoms with E-state index >= 15 is 0 Å². The number of esters is 1.